The van der Waals surface area contributed by atoms with E-state index in [1.165, 1.54) is 0 Å². The highest BCUT2D eigenvalue weighted by molar-refractivity contribution is 7.37. The molecule has 0 aromatic heterocycles. The highest BCUT2D eigenvalue weighted by atomic mass is 31.1. The van der Waals surface area contributed by atoms with Gasteiger partial charge in [0.25, 0.3) is 9.04 Å². The summed E-state index contributed by atoms with van der Waals surface area (Å²) in [6, 6.07) is 1.16. The summed E-state index contributed by atoms with van der Waals surface area (Å²) in [4.78, 5) is 0. The first-order valence-electron chi connectivity index (χ1n) is 4.54. The minimum atomic E-state index is -1.70. The Bertz CT molecular complexity index is 167. The molecule has 0 radical (unpaired) electrons. The lowest BCUT2D eigenvalue weighted by Gasteiger charge is -2.19. The van der Waals surface area contributed by atoms with Crippen LogP contribution in [0.1, 0.15) is 26.7 Å². The van der Waals surface area contributed by atoms with Crippen molar-refractivity contribution in [1.82, 2.24) is 0 Å². The monoisotopic (exact) mass is 223 g/mol. The van der Waals surface area contributed by atoms with Gasteiger partial charge in [-0.15, -0.1) is 0 Å². The molecular weight excluding hydrogens is 207 g/mol. The van der Waals surface area contributed by atoms with Crippen molar-refractivity contribution in [3.8, 4) is 0 Å². The number of rotatable bonds is 3. The molecule has 3 nitrogen and oxygen atoms in total. The van der Waals surface area contributed by atoms with Gasteiger partial charge in [-0.1, -0.05) is 26.7 Å². The first kappa shape index (κ1) is 10.5. The van der Waals surface area contributed by atoms with Gasteiger partial charge in [0, 0.05) is 4.57 Å². The summed E-state index contributed by atoms with van der Waals surface area (Å²) in [5.41, 5.74) is 0. The molecule has 6 heteroatoms. The van der Waals surface area contributed by atoms with E-state index in [1.54, 1.807) is 0 Å². The van der Waals surface area contributed by atoms with Gasteiger partial charge in [0.2, 0.25) is 9.76 Å². The second-order valence-electron chi connectivity index (χ2n) is 3.12. The van der Waals surface area contributed by atoms with Crippen LogP contribution in [0.4, 0.5) is 0 Å². The van der Waals surface area contributed by atoms with Crippen LogP contribution >= 0.6 is 8.25 Å². The summed E-state index contributed by atoms with van der Waals surface area (Å²) >= 11 is 0. The molecule has 1 saturated heterocycles. The van der Waals surface area contributed by atoms with Gasteiger partial charge in [-0.3, -0.25) is 0 Å². The second-order valence-corrected chi connectivity index (χ2v) is 10.4. The van der Waals surface area contributed by atoms with Crippen molar-refractivity contribution in [2.45, 2.75) is 37.9 Å². The van der Waals surface area contributed by atoms with Crippen LogP contribution in [0, 0.1) is 0 Å². The van der Waals surface area contributed by atoms with E-state index < -0.39 is 27.1 Å². The van der Waals surface area contributed by atoms with Crippen molar-refractivity contribution in [2.24, 2.45) is 0 Å². The van der Waals surface area contributed by atoms with Crippen LogP contribution in [0.3, 0.4) is 0 Å². The van der Waals surface area contributed by atoms with E-state index in [9.17, 15) is 4.57 Å². The SMILES string of the molecule is CCC[SiH]1O[P+](=O)O[SiH2]C1CC. The van der Waals surface area contributed by atoms with E-state index in [1.807, 2.05) is 0 Å². The quantitative estimate of drug-likeness (QED) is 0.539. The normalized spacial score (nSPS) is 35.7. The summed E-state index contributed by atoms with van der Waals surface area (Å²) in [5, 5.41) is 0.706. The maximum atomic E-state index is 11.0. The average molecular weight is 223 g/mol. The predicted molar refractivity (Wildman–Crippen MR) is 54.6 cm³/mol. The molecule has 0 amide bonds. The van der Waals surface area contributed by atoms with E-state index in [0.717, 1.165) is 18.9 Å². The van der Waals surface area contributed by atoms with E-state index in [2.05, 4.69) is 13.8 Å². The highest BCUT2D eigenvalue weighted by Gasteiger charge is 2.40. The molecule has 1 aliphatic heterocycles. The van der Waals surface area contributed by atoms with Gasteiger partial charge in [-0.2, -0.15) is 8.43 Å². The molecular formula is C6H16O3PSi2+. The average Bonchev–Trinajstić information content (AvgIpc) is 2.05. The zero-order chi connectivity index (χ0) is 8.97. The van der Waals surface area contributed by atoms with Gasteiger partial charge < -0.3 is 0 Å². The van der Waals surface area contributed by atoms with Gasteiger partial charge >= 0.3 is 8.25 Å². The molecule has 1 fully saturated rings. The predicted octanol–water partition coefficient (Wildman–Crippen LogP) is 1.65. The Balaban J connectivity index is 2.45. The molecule has 3 unspecified atom stereocenters. The summed E-state index contributed by atoms with van der Waals surface area (Å²) in [6.07, 6.45) is 2.32. The van der Waals surface area contributed by atoms with Gasteiger partial charge in [-0.05, 0) is 11.2 Å². The molecule has 1 rings (SSSR count). The molecule has 0 aromatic rings. The topological polar surface area (TPSA) is 35.5 Å². The molecule has 12 heavy (non-hydrogen) atoms. The third kappa shape index (κ3) is 2.74. The summed E-state index contributed by atoms with van der Waals surface area (Å²) < 4.78 is 21.5. The van der Waals surface area contributed by atoms with Crippen molar-refractivity contribution in [3.05, 3.63) is 0 Å². The largest absolute Gasteiger partial charge is 0.672 e. The molecule has 0 bridgehead atoms. The van der Waals surface area contributed by atoms with Crippen LogP contribution in [-0.4, -0.2) is 18.8 Å². The zero-order valence-corrected chi connectivity index (χ0v) is 11.1. The maximum Gasteiger partial charge on any atom is 0.672 e. The van der Waals surface area contributed by atoms with Gasteiger partial charge in [0.05, 0.1) is 0 Å². The lowest BCUT2D eigenvalue weighted by molar-refractivity contribution is 0.405. The van der Waals surface area contributed by atoms with Crippen molar-refractivity contribution in [1.29, 1.82) is 0 Å². The van der Waals surface area contributed by atoms with Crippen molar-refractivity contribution < 1.29 is 13.0 Å². The van der Waals surface area contributed by atoms with E-state index in [-0.39, 0.29) is 0 Å². The summed E-state index contributed by atoms with van der Waals surface area (Å²) in [6.45, 7) is 4.34. The molecule has 70 valence electrons. The highest BCUT2D eigenvalue weighted by Crippen LogP contribution is 2.37. The fourth-order valence-electron chi connectivity index (χ4n) is 1.44. The maximum absolute atomic E-state index is 11.0. The van der Waals surface area contributed by atoms with Gasteiger partial charge in [0.15, 0.2) is 0 Å². The summed E-state index contributed by atoms with van der Waals surface area (Å²) in [5.74, 6) is 0. The molecule has 0 spiro atoms. The van der Waals surface area contributed by atoms with Crippen LogP contribution in [-0.2, 0) is 13.0 Å². The van der Waals surface area contributed by atoms with Gasteiger partial charge in [0.1, 0.15) is 0 Å². The lowest BCUT2D eigenvalue weighted by atomic mass is 10.6. The fraction of sp³-hybridized carbons (Fsp3) is 1.00. The van der Waals surface area contributed by atoms with Crippen LogP contribution in [0.5, 0.6) is 0 Å². The van der Waals surface area contributed by atoms with Crippen LogP contribution < -0.4 is 0 Å². The van der Waals surface area contributed by atoms with Gasteiger partial charge in [-0.25, -0.2) is 0 Å². The van der Waals surface area contributed by atoms with Crippen molar-refractivity contribution in [2.75, 3.05) is 0 Å². The fourth-order valence-corrected chi connectivity index (χ4v) is 10.4. The van der Waals surface area contributed by atoms with Crippen LogP contribution in [0.25, 0.3) is 0 Å². The Morgan fingerprint density at radius 3 is 2.92 bits per heavy atom. The molecule has 0 saturated carbocycles. The molecule has 1 aliphatic rings. The first-order chi connectivity index (χ1) is 5.77. The number of hydrogen-bond donors (Lipinski definition) is 0. The second kappa shape index (κ2) is 5.24. The zero-order valence-electron chi connectivity index (χ0n) is 7.66. The first-order valence-corrected chi connectivity index (χ1v) is 8.99. The summed E-state index contributed by atoms with van der Waals surface area (Å²) in [7, 11) is -3.39. The minimum Gasteiger partial charge on any atom is -0.184 e. The lowest BCUT2D eigenvalue weighted by Crippen LogP contribution is -2.30. The Morgan fingerprint density at radius 1 is 1.58 bits per heavy atom. The van der Waals surface area contributed by atoms with Crippen molar-refractivity contribution >= 4 is 27.1 Å². The molecule has 0 N–H and O–H groups in total. The van der Waals surface area contributed by atoms with E-state index in [0.29, 0.717) is 5.16 Å². The molecule has 0 aliphatic carbocycles. The standard InChI is InChI=1S/C6H16O3PSi2/c1-3-5-12-6(4-2)11-8-10(7)9-12/h6,12H,3-5,11H2,1-2H3/q+1. The third-order valence-corrected chi connectivity index (χ3v) is 11.3. The third-order valence-electron chi connectivity index (χ3n) is 2.24. The number of hydrogen-bond acceptors (Lipinski definition) is 3. The Morgan fingerprint density at radius 2 is 2.33 bits per heavy atom. The molecule has 3 atom stereocenters. The van der Waals surface area contributed by atoms with E-state index >= 15 is 0 Å². The molecule has 0 aromatic carbocycles. The Hall–Kier alpha value is 0.454. The minimum absolute atomic E-state index is 0.540. The van der Waals surface area contributed by atoms with Crippen molar-refractivity contribution in [3.63, 3.8) is 0 Å². The van der Waals surface area contributed by atoms with Crippen LogP contribution in [0.2, 0.25) is 11.2 Å². The van der Waals surface area contributed by atoms with E-state index in [4.69, 9.17) is 8.43 Å². The Kier molecular flexibility index (Phi) is 4.60. The molecule has 1 heterocycles. The van der Waals surface area contributed by atoms with Crippen LogP contribution in [0.15, 0.2) is 0 Å². The Labute approximate surface area is 78.5 Å². The smallest absolute Gasteiger partial charge is 0.184 e.